The largest absolute Gasteiger partial charge is 0.481 e. The molecule has 2 heteroatoms. The van der Waals surface area contributed by atoms with Crippen LogP contribution in [0.1, 0.15) is 84.0 Å². The number of carboxylic acid groups (broad SMARTS) is 1. The van der Waals surface area contributed by atoms with E-state index in [1.807, 2.05) is 0 Å². The summed E-state index contributed by atoms with van der Waals surface area (Å²) >= 11 is 0. The molecule has 0 aliphatic rings. The fraction of sp³-hybridized carbons (Fsp3) is 0.650. The fourth-order valence-electron chi connectivity index (χ4n) is 2.14. The van der Waals surface area contributed by atoms with Crippen LogP contribution in [-0.2, 0) is 4.79 Å². The Bertz CT molecular complexity index is 327. The standard InChI is InChI=1S/C20H34O2/c1-2-3-4-5-6-7-8-9-10-11-12-13-14-15-16-17-18-19-20(21)22/h6-7,11-12,15-16H,2-5,8-10,13-14,17-19H2,1H3,(H,21,22). The third-order valence-corrected chi connectivity index (χ3v) is 3.48. The van der Waals surface area contributed by atoms with Crippen LogP contribution in [-0.4, -0.2) is 11.1 Å². The number of carbonyl (C=O) groups is 1. The van der Waals surface area contributed by atoms with E-state index < -0.39 is 5.97 Å². The maximum Gasteiger partial charge on any atom is 0.303 e. The van der Waals surface area contributed by atoms with Crippen LogP contribution in [0.3, 0.4) is 0 Å². The molecule has 22 heavy (non-hydrogen) atoms. The van der Waals surface area contributed by atoms with Crippen molar-refractivity contribution in [2.45, 2.75) is 84.0 Å². The molecule has 0 atom stereocenters. The van der Waals surface area contributed by atoms with Gasteiger partial charge in [-0.3, -0.25) is 4.79 Å². The lowest BCUT2D eigenvalue weighted by atomic mass is 10.1. The van der Waals surface area contributed by atoms with Crippen LogP contribution < -0.4 is 0 Å². The van der Waals surface area contributed by atoms with Gasteiger partial charge in [-0.25, -0.2) is 0 Å². The van der Waals surface area contributed by atoms with Gasteiger partial charge in [0.05, 0.1) is 0 Å². The minimum absolute atomic E-state index is 0.275. The highest BCUT2D eigenvalue weighted by Crippen LogP contribution is 2.04. The number of allylic oxidation sites excluding steroid dienone is 6. The molecule has 126 valence electrons. The molecule has 0 fully saturated rings. The zero-order chi connectivity index (χ0) is 16.3. The summed E-state index contributed by atoms with van der Waals surface area (Å²) < 4.78 is 0. The number of carboxylic acids is 1. The monoisotopic (exact) mass is 306 g/mol. The first-order valence-corrected chi connectivity index (χ1v) is 8.94. The highest BCUT2D eigenvalue weighted by Gasteiger charge is 1.92. The molecule has 0 saturated heterocycles. The normalized spacial score (nSPS) is 12.0. The quantitative estimate of drug-likeness (QED) is 0.279. The van der Waals surface area contributed by atoms with E-state index in [4.69, 9.17) is 5.11 Å². The molecule has 0 bridgehead atoms. The predicted molar refractivity (Wildman–Crippen MR) is 96.1 cm³/mol. The summed E-state index contributed by atoms with van der Waals surface area (Å²) in [6.45, 7) is 2.24. The molecule has 0 unspecified atom stereocenters. The van der Waals surface area contributed by atoms with Gasteiger partial charge >= 0.3 is 5.97 Å². The average molecular weight is 306 g/mol. The van der Waals surface area contributed by atoms with Crippen LogP contribution in [0.25, 0.3) is 0 Å². The minimum Gasteiger partial charge on any atom is -0.481 e. The summed E-state index contributed by atoms with van der Waals surface area (Å²) in [5.74, 6) is -0.702. The van der Waals surface area contributed by atoms with Crippen LogP contribution >= 0.6 is 0 Å². The van der Waals surface area contributed by atoms with E-state index in [0.29, 0.717) is 0 Å². The Balaban J connectivity index is 3.27. The summed E-state index contributed by atoms with van der Waals surface area (Å²) in [5, 5.41) is 8.50. The Morgan fingerprint density at radius 2 is 1.14 bits per heavy atom. The highest BCUT2D eigenvalue weighted by molar-refractivity contribution is 5.66. The molecule has 0 aromatic heterocycles. The first-order valence-electron chi connectivity index (χ1n) is 8.94. The van der Waals surface area contributed by atoms with Gasteiger partial charge in [-0.1, -0.05) is 56.2 Å². The van der Waals surface area contributed by atoms with E-state index in [-0.39, 0.29) is 6.42 Å². The Kier molecular flexibility index (Phi) is 16.7. The van der Waals surface area contributed by atoms with Crippen molar-refractivity contribution in [3.8, 4) is 0 Å². The molecule has 0 aromatic rings. The van der Waals surface area contributed by atoms with Crippen molar-refractivity contribution >= 4 is 5.97 Å². The topological polar surface area (TPSA) is 37.3 Å². The lowest BCUT2D eigenvalue weighted by molar-refractivity contribution is -0.137. The fourth-order valence-corrected chi connectivity index (χ4v) is 2.14. The van der Waals surface area contributed by atoms with Gasteiger partial charge in [-0.2, -0.15) is 0 Å². The smallest absolute Gasteiger partial charge is 0.303 e. The zero-order valence-corrected chi connectivity index (χ0v) is 14.3. The van der Waals surface area contributed by atoms with Gasteiger partial charge in [-0.15, -0.1) is 0 Å². The van der Waals surface area contributed by atoms with Crippen molar-refractivity contribution in [3.05, 3.63) is 36.5 Å². The van der Waals surface area contributed by atoms with Gasteiger partial charge in [-0.05, 0) is 57.8 Å². The number of hydrogen-bond acceptors (Lipinski definition) is 1. The SMILES string of the molecule is CCCCCC=CCCCC=CCCC=CCCCC(=O)O. The van der Waals surface area contributed by atoms with Gasteiger partial charge in [0, 0.05) is 6.42 Å². The van der Waals surface area contributed by atoms with Crippen molar-refractivity contribution < 1.29 is 9.90 Å². The first-order chi connectivity index (χ1) is 10.8. The van der Waals surface area contributed by atoms with Crippen molar-refractivity contribution in [2.75, 3.05) is 0 Å². The second-order valence-corrected chi connectivity index (χ2v) is 5.70. The molecule has 0 aromatic carbocycles. The average Bonchev–Trinajstić information content (AvgIpc) is 2.50. The number of aliphatic carboxylic acids is 1. The summed E-state index contributed by atoms with van der Waals surface area (Å²) in [7, 11) is 0. The van der Waals surface area contributed by atoms with Gasteiger partial charge in [0.1, 0.15) is 0 Å². The number of hydrogen-bond donors (Lipinski definition) is 1. The van der Waals surface area contributed by atoms with Crippen LogP contribution in [0.4, 0.5) is 0 Å². The van der Waals surface area contributed by atoms with Crippen molar-refractivity contribution in [1.82, 2.24) is 0 Å². The van der Waals surface area contributed by atoms with Crippen molar-refractivity contribution in [3.63, 3.8) is 0 Å². The molecule has 0 aliphatic carbocycles. The minimum atomic E-state index is -0.702. The molecular formula is C20H34O2. The molecule has 0 saturated carbocycles. The Hall–Kier alpha value is -1.31. The van der Waals surface area contributed by atoms with Crippen LogP contribution in [0.2, 0.25) is 0 Å². The second kappa shape index (κ2) is 17.7. The molecule has 0 aliphatic heterocycles. The van der Waals surface area contributed by atoms with E-state index in [1.165, 1.54) is 44.9 Å². The summed E-state index contributed by atoms with van der Waals surface area (Å²) in [4.78, 5) is 10.3. The van der Waals surface area contributed by atoms with E-state index in [2.05, 4.69) is 43.4 Å². The van der Waals surface area contributed by atoms with Crippen LogP contribution in [0.5, 0.6) is 0 Å². The molecule has 0 rings (SSSR count). The Labute approximate surface area is 137 Å². The van der Waals surface area contributed by atoms with E-state index >= 15 is 0 Å². The lowest BCUT2D eigenvalue weighted by Gasteiger charge is -1.93. The summed E-state index contributed by atoms with van der Waals surface area (Å²) in [6.07, 6.45) is 26.3. The van der Waals surface area contributed by atoms with Crippen LogP contribution in [0, 0.1) is 0 Å². The predicted octanol–water partition coefficient (Wildman–Crippen LogP) is 6.44. The number of rotatable bonds is 15. The van der Waals surface area contributed by atoms with Gasteiger partial charge in [0.25, 0.3) is 0 Å². The van der Waals surface area contributed by atoms with Crippen molar-refractivity contribution in [1.29, 1.82) is 0 Å². The summed E-state index contributed by atoms with van der Waals surface area (Å²) in [6, 6.07) is 0. The van der Waals surface area contributed by atoms with Crippen LogP contribution in [0.15, 0.2) is 36.5 Å². The second-order valence-electron chi connectivity index (χ2n) is 5.70. The molecule has 0 heterocycles. The third-order valence-electron chi connectivity index (χ3n) is 3.48. The Morgan fingerprint density at radius 1 is 0.682 bits per heavy atom. The maximum absolute atomic E-state index is 10.3. The Morgan fingerprint density at radius 3 is 1.64 bits per heavy atom. The van der Waals surface area contributed by atoms with E-state index in [9.17, 15) is 4.79 Å². The highest BCUT2D eigenvalue weighted by atomic mass is 16.4. The van der Waals surface area contributed by atoms with Crippen molar-refractivity contribution in [2.24, 2.45) is 0 Å². The van der Waals surface area contributed by atoms with Gasteiger partial charge in [0.2, 0.25) is 0 Å². The molecule has 0 spiro atoms. The first kappa shape index (κ1) is 20.7. The molecule has 2 nitrogen and oxygen atoms in total. The third kappa shape index (κ3) is 18.7. The molecule has 1 N–H and O–H groups in total. The maximum atomic E-state index is 10.3. The lowest BCUT2D eigenvalue weighted by Crippen LogP contribution is -1.92. The zero-order valence-electron chi connectivity index (χ0n) is 14.3. The van der Waals surface area contributed by atoms with E-state index in [0.717, 1.165) is 25.7 Å². The summed E-state index contributed by atoms with van der Waals surface area (Å²) in [5.41, 5.74) is 0. The van der Waals surface area contributed by atoms with Gasteiger partial charge in [0.15, 0.2) is 0 Å². The van der Waals surface area contributed by atoms with E-state index in [1.54, 1.807) is 0 Å². The molecular weight excluding hydrogens is 272 g/mol. The van der Waals surface area contributed by atoms with Gasteiger partial charge < -0.3 is 5.11 Å². The molecule has 0 amide bonds. The number of unbranched alkanes of at least 4 members (excludes halogenated alkanes) is 7. The molecule has 0 radical (unpaired) electrons.